The number of aryl methyl sites for hydroxylation is 1. The van der Waals surface area contributed by atoms with Crippen LogP contribution in [0.25, 0.3) is 11.1 Å². The van der Waals surface area contributed by atoms with E-state index >= 15 is 0 Å². The summed E-state index contributed by atoms with van der Waals surface area (Å²) in [4.78, 5) is 10.8. The average Bonchev–Trinajstić information content (AvgIpc) is 3.03. The fraction of sp³-hybridized carbons (Fsp3) is 0.167. The summed E-state index contributed by atoms with van der Waals surface area (Å²) in [6.45, 7) is 4.15. The minimum Gasteiger partial charge on any atom is -0.280 e. The lowest BCUT2D eigenvalue weighted by atomic mass is 10.0. The molecule has 0 fully saturated rings. The van der Waals surface area contributed by atoms with Crippen molar-refractivity contribution in [2.24, 2.45) is 0 Å². The lowest BCUT2D eigenvalue weighted by Gasteiger charge is -2.09. The third-order valence-corrected chi connectivity index (χ3v) is 5.68. The Hall–Kier alpha value is -3.20. The second kappa shape index (κ2) is 7.20. The lowest BCUT2D eigenvalue weighted by Crippen LogP contribution is -2.14. The molecule has 3 aromatic rings. The molecule has 8 nitrogen and oxygen atoms in total. The van der Waals surface area contributed by atoms with Crippen LogP contribution in [0.15, 0.2) is 59.6 Å². The van der Waals surface area contributed by atoms with E-state index in [0.29, 0.717) is 29.1 Å². The normalized spacial score (nSPS) is 11.3. The first kappa shape index (κ1) is 18.6. The molecule has 140 valence electrons. The van der Waals surface area contributed by atoms with Gasteiger partial charge >= 0.3 is 0 Å². The van der Waals surface area contributed by atoms with Crippen LogP contribution in [-0.2, 0) is 16.6 Å². The summed E-state index contributed by atoms with van der Waals surface area (Å²) < 4.78 is 29.3. The van der Waals surface area contributed by atoms with E-state index < -0.39 is 14.9 Å². The molecule has 0 atom stereocenters. The molecule has 0 spiro atoms. The number of rotatable bonds is 6. The zero-order chi connectivity index (χ0) is 19.6. The second-order valence-corrected chi connectivity index (χ2v) is 7.52. The molecule has 0 amide bonds. The number of sulfonamides is 1. The summed E-state index contributed by atoms with van der Waals surface area (Å²) in [5, 5.41) is 15.2. The standard InChI is InChI=1S/C18H18N4O4S/c1-3-21-13(2)18(12-19-21)27(25,26)20-15-10-8-14(9-11-15)16-6-4-5-7-17(16)22(23)24/h4-12,20H,3H2,1-2H3. The molecule has 27 heavy (non-hydrogen) atoms. The first-order chi connectivity index (χ1) is 12.8. The lowest BCUT2D eigenvalue weighted by molar-refractivity contribution is -0.384. The summed E-state index contributed by atoms with van der Waals surface area (Å²) >= 11 is 0. The van der Waals surface area contributed by atoms with Crippen molar-refractivity contribution in [3.63, 3.8) is 0 Å². The van der Waals surface area contributed by atoms with Crippen molar-refractivity contribution in [1.29, 1.82) is 0 Å². The highest BCUT2D eigenvalue weighted by molar-refractivity contribution is 7.92. The van der Waals surface area contributed by atoms with Gasteiger partial charge in [0.1, 0.15) is 4.90 Å². The van der Waals surface area contributed by atoms with Crippen LogP contribution in [0.1, 0.15) is 12.6 Å². The van der Waals surface area contributed by atoms with Gasteiger partial charge in [-0.2, -0.15) is 5.10 Å². The van der Waals surface area contributed by atoms with Gasteiger partial charge < -0.3 is 0 Å². The Morgan fingerprint density at radius 3 is 2.41 bits per heavy atom. The van der Waals surface area contributed by atoms with Crippen LogP contribution < -0.4 is 4.72 Å². The molecule has 1 N–H and O–H groups in total. The van der Waals surface area contributed by atoms with Crippen molar-refractivity contribution in [2.45, 2.75) is 25.3 Å². The smallest absolute Gasteiger partial charge is 0.277 e. The van der Waals surface area contributed by atoms with E-state index in [4.69, 9.17) is 0 Å². The highest BCUT2D eigenvalue weighted by Gasteiger charge is 2.21. The Morgan fingerprint density at radius 1 is 1.15 bits per heavy atom. The van der Waals surface area contributed by atoms with E-state index in [9.17, 15) is 18.5 Å². The van der Waals surface area contributed by atoms with E-state index in [0.717, 1.165) is 0 Å². The van der Waals surface area contributed by atoms with Gasteiger partial charge in [0.05, 0.1) is 22.4 Å². The van der Waals surface area contributed by atoms with Crippen LogP contribution in [0, 0.1) is 17.0 Å². The van der Waals surface area contributed by atoms with E-state index in [1.807, 2.05) is 6.92 Å². The highest BCUT2D eigenvalue weighted by atomic mass is 32.2. The topological polar surface area (TPSA) is 107 Å². The first-order valence-corrected chi connectivity index (χ1v) is 9.71. The molecule has 2 aromatic carbocycles. The quantitative estimate of drug-likeness (QED) is 0.515. The summed E-state index contributed by atoms with van der Waals surface area (Å²) in [7, 11) is -3.77. The molecular weight excluding hydrogens is 368 g/mol. The molecule has 1 heterocycles. The van der Waals surface area contributed by atoms with Crippen molar-refractivity contribution in [2.75, 3.05) is 4.72 Å². The Labute approximate surface area is 156 Å². The number of nitrogens with one attached hydrogen (secondary N) is 1. The third-order valence-electron chi connectivity index (χ3n) is 4.20. The average molecular weight is 386 g/mol. The van der Waals surface area contributed by atoms with Crippen LogP contribution in [0.2, 0.25) is 0 Å². The summed E-state index contributed by atoms with van der Waals surface area (Å²) in [5.74, 6) is 0. The summed E-state index contributed by atoms with van der Waals surface area (Å²) in [6.07, 6.45) is 1.32. The molecule has 0 aliphatic carbocycles. The van der Waals surface area contributed by atoms with Gasteiger partial charge in [0.2, 0.25) is 0 Å². The van der Waals surface area contributed by atoms with E-state index in [1.165, 1.54) is 12.3 Å². The van der Waals surface area contributed by atoms with Crippen LogP contribution in [0.3, 0.4) is 0 Å². The van der Waals surface area contributed by atoms with Gasteiger partial charge in [-0.15, -0.1) is 0 Å². The molecule has 0 radical (unpaired) electrons. The van der Waals surface area contributed by atoms with Crippen molar-refractivity contribution < 1.29 is 13.3 Å². The molecule has 0 unspecified atom stereocenters. The van der Waals surface area contributed by atoms with Crippen molar-refractivity contribution in [3.8, 4) is 11.1 Å². The predicted octanol–water partition coefficient (Wildman–Crippen LogP) is 3.59. The Bertz CT molecular complexity index is 1090. The van der Waals surface area contributed by atoms with Crippen LogP contribution in [-0.4, -0.2) is 23.1 Å². The molecular formula is C18H18N4O4S. The summed E-state index contributed by atoms with van der Waals surface area (Å²) in [6, 6.07) is 12.8. The molecule has 0 aliphatic heterocycles. The first-order valence-electron chi connectivity index (χ1n) is 8.22. The van der Waals surface area contributed by atoms with Gasteiger partial charge in [0.25, 0.3) is 15.7 Å². The maximum absolute atomic E-state index is 12.6. The number of para-hydroxylation sites is 1. The maximum atomic E-state index is 12.6. The van der Waals surface area contributed by atoms with E-state index in [2.05, 4.69) is 9.82 Å². The Kier molecular flexibility index (Phi) is 4.95. The van der Waals surface area contributed by atoms with Crippen molar-refractivity contribution in [3.05, 3.63) is 70.5 Å². The molecule has 3 rings (SSSR count). The third kappa shape index (κ3) is 3.68. The second-order valence-electron chi connectivity index (χ2n) is 5.87. The van der Waals surface area contributed by atoms with Gasteiger partial charge in [-0.3, -0.25) is 19.5 Å². The van der Waals surface area contributed by atoms with E-state index in [-0.39, 0.29) is 10.6 Å². The van der Waals surface area contributed by atoms with Crippen molar-refractivity contribution >= 4 is 21.4 Å². The van der Waals surface area contributed by atoms with Gasteiger partial charge in [-0.1, -0.05) is 24.3 Å². The molecule has 0 saturated heterocycles. The fourth-order valence-corrected chi connectivity index (χ4v) is 4.05. The van der Waals surface area contributed by atoms with Crippen LogP contribution >= 0.6 is 0 Å². The van der Waals surface area contributed by atoms with Crippen LogP contribution in [0.5, 0.6) is 0 Å². The van der Waals surface area contributed by atoms with Crippen LogP contribution in [0.4, 0.5) is 11.4 Å². The zero-order valence-electron chi connectivity index (χ0n) is 14.8. The number of nitrogens with zero attached hydrogens (tertiary/aromatic N) is 3. The zero-order valence-corrected chi connectivity index (χ0v) is 15.6. The number of anilines is 1. The number of nitro benzene ring substituents is 1. The van der Waals surface area contributed by atoms with Gasteiger partial charge in [-0.05, 0) is 37.6 Å². The molecule has 1 aromatic heterocycles. The number of benzene rings is 2. The predicted molar refractivity (Wildman–Crippen MR) is 102 cm³/mol. The molecule has 9 heteroatoms. The number of hydrogen-bond donors (Lipinski definition) is 1. The minimum atomic E-state index is -3.77. The molecule has 0 bridgehead atoms. The number of nitro groups is 1. The minimum absolute atomic E-state index is 0.00608. The Balaban J connectivity index is 1.88. The molecule has 0 aliphatic rings. The summed E-state index contributed by atoms with van der Waals surface area (Å²) in [5.41, 5.74) is 2.01. The highest BCUT2D eigenvalue weighted by Crippen LogP contribution is 2.30. The van der Waals surface area contributed by atoms with Gasteiger partial charge in [0, 0.05) is 18.3 Å². The van der Waals surface area contributed by atoms with Crippen molar-refractivity contribution in [1.82, 2.24) is 9.78 Å². The Morgan fingerprint density at radius 2 is 1.81 bits per heavy atom. The van der Waals surface area contributed by atoms with Gasteiger partial charge in [0.15, 0.2) is 0 Å². The van der Waals surface area contributed by atoms with Gasteiger partial charge in [-0.25, -0.2) is 8.42 Å². The monoisotopic (exact) mass is 386 g/mol. The maximum Gasteiger partial charge on any atom is 0.277 e. The fourth-order valence-electron chi connectivity index (χ4n) is 2.82. The molecule has 0 saturated carbocycles. The van der Waals surface area contributed by atoms with E-state index in [1.54, 1.807) is 54.1 Å². The SMILES string of the molecule is CCn1ncc(S(=O)(=O)Nc2ccc(-c3ccccc3[N+](=O)[O-])cc2)c1C. The number of aromatic nitrogens is 2. The largest absolute Gasteiger partial charge is 0.280 e. The number of hydrogen-bond acceptors (Lipinski definition) is 5.